The van der Waals surface area contributed by atoms with Crippen molar-refractivity contribution in [3.05, 3.63) is 23.8 Å². The van der Waals surface area contributed by atoms with E-state index < -0.39 is 23.3 Å². The van der Waals surface area contributed by atoms with Gasteiger partial charge in [-0.25, -0.2) is 9.78 Å². The maximum Gasteiger partial charge on any atom is 0.326 e. The lowest BCUT2D eigenvalue weighted by atomic mass is 9.86. The number of carbonyl (C=O) groups excluding carboxylic acids is 1. The molecule has 0 radical (unpaired) electrons. The number of hydrogen-bond acceptors (Lipinski definition) is 5. The van der Waals surface area contributed by atoms with Gasteiger partial charge in [0.15, 0.2) is 5.13 Å². The lowest BCUT2D eigenvalue weighted by Gasteiger charge is -2.27. The normalized spacial score (nSPS) is 13.1. The molecule has 0 bridgehead atoms. The highest BCUT2D eigenvalue weighted by Gasteiger charge is 2.32. The fraction of sp³-hybridized carbons (Fsp3) is 0.357. The fourth-order valence-corrected chi connectivity index (χ4v) is 2.72. The number of amides is 1. The van der Waals surface area contributed by atoms with E-state index in [1.54, 1.807) is 39.0 Å². The molecule has 112 valence electrons. The molecule has 21 heavy (non-hydrogen) atoms. The molecule has 0 unspecified atom stereocenters. The molecule has 0 saturated heterocycles. The summed E-state index contributed by atoms with van der Waals surface area (Å²) in [7, 11) is 0. The number of rotatable bonds is 3. The summed E-state index contributed by atoms with van der Waals surface area (Å²) >= 11 is 1.28. The van der Waals surface area contributed by atoms with Crippen molar-refractivity contribution < 1.29 is 14.7 Å². The number of carboxylic acids is 1. The van der Waals surface area contributed by atoms with E-state index in [-0.39, 0.29) is 0 Å². The number of anilines is 1. The highest BCUT2D eigenvalue weighted by molar-refractivity contribution is 7.22. The predicted molar refractivity (Wildman–Crippen MR) is 82.4 cm³/mol. The first-order valence-corrected chi connectivity index (χ1v) is 7.20. The number of aliphatic carboxylic acids is 1. The molecule has 7 heteroatoms. The molecule has 0 saturated carbocycles. The van der Waals surface area contributed by atoms with Crippen LogP contribution in [0.25, 0.3) is 10.2 Å². The largest absolute Gasteiger partial charge is 0.480 e. The van der Waals surface area contributed by atoms with Gasteiger partial charge in [-0.05, 0) is 23.6 Å². The van der Waals surface area contributed by atoms with Crippen molar-refractivity contribution in [2.45, 2.75) is 26.8 Å². The zero-order valence-corrected chi connectivity index (χ0v) is 12.8. The Labute approximate surface area is 126 Å². The minimum atomic E-state index is -1.06. The van der Waals surface area contributed by atoms with Gasteiger partial charge in [-0.15, -0.1) is 0 Å². The van der Waals surface area contributed by atoms with Crippen LogP contribution in [0.1, 0.15) is 31.1 Å². The molecular weight excluding hydrogens is 290 g/mol. The number of thiazole rings is 1. The maximum absolute atomic E-state index is 12.2. The lowest BCUT2D eigenvalue weighted by molar-refractivity contribution is -0.142. The van der Waals surface area contributed by atoms with Crippen molar-refractivity contribution in [1.29, 1.82) is 0 Å². The first-order valence-electron chi connectivity index (χ1n) is 6.38. The Morgan fingerprint density at radius 3 is 2.62 bits per heavy atom. The van der Waals surface area contributed by atoms with Gasteiger partial charge in [-0.2, -0.15) is 0 Å². The molecule has 2 rings (SSSR count). The Morgan fingerprint density at radius 2 is 2.05 bits per heavy atom. The molecule has 1 amide bonds. The standard InChI is InChI=1S/C14H17N3O3S/c1-14(2,3)10(12(19)20)17-11(18)7-4-5-8-9(6-7)21-13(15)16-8/h4-6,10H,1-3H3,(H2,15,16)(H,17,18)(H,19,20)/t10-/m1/s1. The van der Waals surface area contributed by atoms with Crippen molar-refractivity contribution in [1.82, 2.24) is 10.3 Å². The highest BCUT2D eigenvalue weighted by Crippen LogP contribution is 2.25. The van der Waals surface area contributed by atoms with E-state index in [1.807, 2.05) is 0 Å². The van der Waals surface area contributed by atoms with E-state index in [2.05, 4.69) is 10.3 Å². The van der Waals surface area contributed by atoms with Crippen LogP contribution in [-0.2, 0) is 4.79 Å². The van der Waals surface area contributed by atoms with Gasteiger partial charge in [0.05, 0.1) is 10.2 Å². The number of hydrogen-bond donors (Lipinski definition) is 3. The summed E-state index contributed by atoms with van der Waals surface area (Å²) in [4.78, 5) is 27.6. The number of benzene rings is 1. The fourth-order valence-electron chi connectivity index (χ4n) is 1.95. The molecule has 0 aliphatic carbocycles. The van der Waals surface area contributed by atoms with Crippen molar-refractivity contribution in [3.63, 3.8) is 0 Å². The zero-order valence-electron chi connectivity index (χ0n) is 12.0. The van der Waals surface area contributed by atoms with Gasteiger partial charge < -0.3 is 16.2 Å². The first-order chi connectivity index (χ1) is 9.68. The van der Waals surface area contributed by atoms with E-state index in [1.165, 1.54) is 11.3 Å². The van der Waals surface area contributed by atoms with E-state index in [9.17, 15) is 14.7 Å². The van der Waals surface area contributed by atoms with Crippen molar-refractivity contribution in [2.75, 3.05) is 5.73 Å². The molecule has 0 aliphatic rings. The second-order valence-corrected chi connectivity index (χ2v) is 6.91. The number of fused-ring (bicyclic) bond motifs is 1. The molecule has 0 spiro atoms. The number of nitrogens with zero attached hydrogens (tertiary/aromatic N) is 1. The summed E-state index contributed by atoms with van der Waals surface area (Å²) < 4.78 is 0.794. The third-order valence-corrected chi connectivity index (χ3v) is 3.90. The summed E-state index contributed by atoms with van der Waals surface area (Å²) in [5, 5.41) is 12.2. The maximum atomic E-state index is 12.2. The molecule has 1 aromatic carbocycles. The number of nitrogen functional groups attached to an aromatic ring is 1. The Hall–Kier alpha value is -2.15. The van der Waals surface area contributed by atoms with Crippen LogP contribution in [0.3, 0.4) is 0 Å². The van der Waals surface area contributed by atoms with Crippen molar-refractivity contribution in [2.24, 2.45) is 5.41 Å². The monoisotopic (exact) mass is 307 g/mol. The average molecular weight is 307 g/mol. The molecule has 0 aliphatic heterocycles. The Balaban J connectivity index is 2.27. The number of carboxylic acid groups (broad SMARTS) is 1. The molecule has 0 fully saturated rings. The molecule has 4 N–H and O–H groups in total. The van der Waals surface area contributed by atoms with Crippen LogP contribution in [-0.4, -0.2) is 28.0 Å². The summed E-state index contributed by atoms with van der Waals surface area (Å²) in [6.07, 6.45) is 0. The van der Waals surface area contributed by atoms with E-state index in [4.69, 9.17) is 5.73 Å². The van der Waals surface area contributed by atoms with Gasteiger partial charge in [0.1, 0.15) is 6.04 Å². The van der Waals surface area contributed by atoms with Crippen LogP contribution in [0.2, 0.25) is 0 Å². The van der Waals surface area contributed by atoms with Gasteiger partial charge in [0.25, 0.3) is 5.91 Å². The van der Waals surface area contributed by atoms with Gasteiger partial charge in [-0.1, -0.05) is 32.1 Å². The zero-order chi connectivity index (χ0) is 15.8. The Kier molecular flexibility index (Phi) is 3.87. The van der Waals surface area contributed by atoms with E-state index in [0.29, 0.717) is 10.7 Å². The van der Waals surface area contributed by atoms with E-state index in [0.717, 1.165) is 10.2 Å². The second-order valence-electron chi connectivity index (χ2n) is 5.85. The number of nitrogens with one attached hydrogen (secondary N) is 1. The van der Waals surface area contributed by atoms with Crippen LogP contribution in [0.5, 0.6) is 0 Å². The highest BCUT2D eigenvalue weighted by atomic mass is 32.1. The summed E-state index contributed by atoms with van der Waals surface area (Å²) in [5.74, 6) is -1.48. The van der Waals surface area contributed by atoms with Crippen LogP contribution >= 0.6 is 11.3 Å². The van der Waals surface area contributed by atoms with Crippen LogP contribution in [0.15, 0.2) is 18.2 Å². The van der Waals surface area contributed by atoms with Gasteiger partial charge >= 0.3 is 5.97 Å². The topological polar surface area (TPSA) is 105 Å². The first kappa shape index (κ1) is 15.2. The van der Waals surface area contributed by atoms with Crippen molar-refractivity contribution in [3.8, 4) is 0 Å². The van der Waals surface area contributed by atoms with Gasteiger partial charge in [-0.3, -0.25) is 4.79 Å². The minimum Gasteiger partial charge on any atom is -0.480 e. The summed E-state index contributed by atoms with van der Waals surface area (Å²) in [6.45, 7) is 5.29. The molecule has 6 nitrogen and oxygen atoms in total. The number of nitrogens with two attached hydrogens (primary N) is 1. The Bertz CT molecular complexity index is 703. The Morgan fingerprint density at radius 1 is 1.38 bits per heavy atom. The second kappa shape index (κ2) is 5.33. The molecule has 1 heterocycles. The van der Waals surface area contributed by atoms with E-state index >= 15 is 0 Å². The summed E-state index contributed by atoms with van der Waals surface area (Å²) in [5.41, 5.74) is 6.15. The van der Waals surface area contributed by atoms with Gasteiger partial charge in [0.2, 0.25) is 0 Å². The minimum absolute atomic E-state index is 0.390. The van der Waals surface area contributed by atoms with Crippen LogP contribution < -0.4 is 11.1 Å². The lowest BCUT2D eigenvalue weighted by Crippen LogP contribution is -2.49. The average Bonchev–Trinajstić information content (AvgIpc) is 2.72. The van der Waals surface area contributed by atoms with Crippen molar-refractivity contribution >= 4 is 38.6 Å². The molecule has 1 atom stereocenters. The third kappa shape index (κ3) is 3.30. The molecule has 2 aromatic rings. The SMILES string of the molecule is CC(C)(C)[C@H](NC(=O)c1ccc2nc(N)sc2c1)C(=O)O. The third-order valence-electron chi connectivity index (χ3n) is 3.06. The number of carbonyl (C=O) groups is 2. The van der Waals surface area contributed by atoms with Crippen LogP contribution in [0, 0.1) is 5.41 Å². The number of aromatic nitrogens is 1. The molecular formula is C14H17N3O3S. The molecule has 1 aromatic heterocycles. The predicted octanol–water partition coefficient (Wildman–Crippen LogP) is 2.11. The van der Waals surface area contributed by atoms with Crippen LogP contribution in [0.4, 0.5) is 5.13 Å². The smallest absolute Gasteiger partial charge is 0.326 e. The van der Waals surface area contributed by atoms with Gasteiger partial charge in [0, 0.05) is 5.56 Å². The summed E-state index contributed by atoms with van der Waals surface area (Å²) in [6, 6.07) is 4.01. The quantitative estimate of drug-likeness (QED) is 0.805.